The van der Waals surface area contributed by atoms with Gasteiger partial charge in [-0.05, 0) is 25.7 Å². The third-order valence-corrected chi connectivity index (χ3v) is 3.87. The molecule has 1 saturated heterocycles. The molecule has 1 unspecified atom stereocenters. The maximum Gasteiger partial charge on any atom is 0.193 e. The molecule has 114 valence electrons. The van der Waals surface area contributed by atoms with E-state index >= 15 is 0 Å². The highest BCUT2D eigenvalue weighted by molar-refractivity contribution is 5.80. The third kappa shape index (κ3) is 4.49. The van der Waals surface area contributed by atoms with Crippen LogP contribution in [0.1, 0.15) is 25.7 Å². The number of rotatable bonds is 5. The molecule has 0 aromatic heterocycles. The Kier molecular flexibility index (Phi) is 6.33. The summed E-state index contributed by atoms with van der Waals surface area (Å²) < 4.78 is 10.8. The maximum atomic E-state index is 5.67. The van der Waals surface area contributed by atoms with Crippen molar-refractivity contribution in [3.05, 3.63) is 11.6 Å². The predicted molar refractivity (Wildman–Crippen MR) is 81.1 cm³/mol. The Labute approximate surface area is 122 Å². The zero-order valence-corrected chi connectivity index (χ0v) is 12.7. The van der Waals surface area contributed by atoms with Crippen LogP contribution in [-0.2, 0) is 9.47 Å². The topological polar surface area (TPSA) is 46.1 Å². The number of morpholine rings is 1. The molecule has 0 aromatic carbocycles. The largest absolute Gasteiger partial charge is 0.382 e. The van der Waals surface area contributed by atoms with E-state index in [1.54, 1.807) is 12.7 Å². The van der Waals surface area contributed by atoms with E-state index in [1.165, 1.54) is 19.3 Å². The van der Waals surface area contributed by atoms with Gasteiger partial charge >= 0.3 is 0 Å². The summed E-state index contributed by atoms with van der Waals surface area (Å²) in [6.07, 6.45) is 7.51. The highest BCUT2D eigenvalue weighted by Crippen LogP contribution is 2.19. The fraction of sp³-hybridized carbons (Fsp3) is 0.800. The van der Waals surface area contributed by atoms with Gasteiger partial charge in [0.1, 0.15) is 0 Å². The second-order valence-electron chi connectivity index (χ2n) is 5.37. The lowest BCUT2D eigenvalue weighted by molar-refractivity contribution is -0.0447. The van der Waals surface area contributed by atoms with Crippen LogP contribution >= 0.6 is 0 Å². The van der Waals surface area contributed by atoms with Crippen molar-refractivity contribution in [1.29, 1.82) is 0 Å². The van der Waals surface area contributed by atoms with E-state index in [4.69, 9.17) is 9.47 Å². The molecule has 5 heteroatoms. The maximum absolute atomic E-state index is 5.67. The van der Waals surface area contributed by atoms with E-state index < -0.39 is 0 Å². The molecule has 2 aliphatic rings. The van der Waals surface area contributed by atoms with Crippen molar-refractivity contribution in [2.24, 2.45) is 4.99 Å². The molecule has 0 amide bonds. The van der Waals surface area contributed by atoms with Gasteiger partial charge in [-0.15, -0.1) is 0 Å². The summed E-state index contributed by atoms with van der Waals surface area (Å²) in [6.45, 7) is 4.07. The molecule has 5 nitrogen and oxygen atoms in total. The second kappa shape index (κ2) is 8.27. The first kappa shape index (κ1) is 15.3. The summed E-state index contributed by atoms with van der Waals surface area (Å²) in [5, 5.41) is 3.47. The molecule has 0 bridgehead atoms. The van der Waals surface area contributed by atoms with Crippen LogP contribution in [0.4, 0.5) is 0 Å². The van der Waals surface area contributed by atoms with Crippen molar-refractivity contribution >= 4 is 5.96 Å². The van der Waals surface area contributed by atoms with Crippen LogP contribution in [0.5, 0.6) is 0 Å². The summed E-state index contributed by atoms with van der Waals surface area (Å²) in [7, 11) is 3.56. The minimum absolute atomic E-state index is 0.143. The zero-order chi connectivity index (χ0) is 14.2. The SMILES string of the molecule is CN=C(NCCC1=CCCC1)N1CCOC(COC)C1. The molecule has 0 aromatic rings. The van der Waals surface area contributed by atoms with Crippen molar-refractivity contribution in [3.63, 3.8) is 0 Å². The first-order valence-electron chi connectivity index (χ1n) is 7.57. The van der Waals surface area contributed by atoms with Gasteiger partial charge in [0.15, 0.2) is 5.96 Å². The molecule has 1 aliphatic heterocycles. The molecular weight excluding hydrogens is 254 g/mol. The summed E-state index contributed by atoms with van der Waals surface area (Å²) in [5.41, 5.74) is 1.59. The van der Waals surface area contributed by atoms with Gasteiger partial charge in [-0.3, -0.25) is 4.99 Å². The molecule has 1 fully saturated rings. The molecule has 0 spiro atoms. The molecule has 1 aliphatic carbocycles. The van der Waals surface area contributed by atoms with Gasteiger partial charge in [-0.1, -0.05) is 11.6 Å². The number of allylic oxidation sites excluding steroid dienone is 1. The molecule has 0 radical (unpaired) electrons. The van der Waals surface area contributed by atoms with Crippen LogP contribution in [0, 0.1) is 0 Å². The monoisotopic (exact) mass is 281 g/mol. The van der Waals surface area contributed by atoms with Crippen molar-refractivity contribution in [3.8, 4) is 0 Å². The van der Waals surface area contributed by atoms with E-state index in [9.17, 15) is 0 Å². The number of guanidine groups is 1. The summed E-state index contributed by atoms with van der Waals surface area (Å²) in [6, 6.07) is 0. The van der Waals surface area contributed by atoms with Crippen LogP contribution in [0.2, 0.25) is 0 Å². The van der Waals surface area contributed by atoms with Crippen LogP contribution in [0.15, 0.2) is 16.6 Å². The van der Waals surface area contributed by atoms with E-state index in [2.05, 4.69) is 21.3 Å². The van der Waals surface area contributed by atoms with Crippen LogP contribution in [-0.4, -0.2) is 64.0 Å². The second-order valence-corrected chi connectivity index (χ2v) is 5.37. The Balaban J connectivity index is 1.75. The highest BCUT2D eigenvalue weighted by atomic mass is 16.5. The molecule has 20 heavy (non-hydrogen) atoms. The molecule has 1 N–H and O–H groups in total. The van der Waals surface area contributed by atoms with Crippen molar-refractivity contribution in [2.75, 3.05) is 47.0 Å². The van der Waals surface area contributed by atoms with E-state index in [0.29, 0.717) is 6.61 Å². The summed E-state index contributed by atoms with van der Waals surface area (Å²) in [5.74, 6) is 0.980. The van der Waals surface area contributed by atoms with Crippen molar-refractivity contribution in [1.82, 2.24) is 10.2 Å². The quantitative estimate of drug-likeness (QED) is 0.470. The molecule has 2 rings (SSSR count). The minimum Gasteiger partial charge on any atom is -0.382 e. The minimum atomic E-state index is 0.143. The Morgan fingerprint density at radius 2 is 2.50 bits per heavy atom. The van der Waals surface area contributed by atoms with Gasteiger partial charge < -0.3 is 19.7 Å². The van der Waals surface area contributed by atoms with Gasteiger partial charge in [-0.25, -0.2) is 0 Å². The number of aliphatic imine (C=N–C) groups is 1. The number of ether oxygens (including phenoxy) is 2. The predicted octanol–water partition coefficient (Wildman–Crippen LogP) is 1.41. The summed E-state index contributed by atoms with van der Waals surface area (Å²) >= 11 is 0. The normalized spacial score (nSPS) is 23.9. The average Bonchev–Trinajstić information content (AvgIpc) is 2.97. The average molecular weight is 281 g/mol. The van der Waals surface area contributed by atoms with Gasteiger partial charge in [0, 0.05) is 33.8 Å². The lowest BCUT2D eigenvalue weighted by atomic mass is 10.2. The Hall–Kier alpha value is -1.07. The molecule has 1 atom stereocenters. The first-order valence-corrected chi connectivity index (χ1v) is 7.57. The Bertz CT molecular complexity index is 353. The lowest BCUT2D eigenvalue weighted by Gasteiger charge is -2.34. The molecule has 1 heterocycles. The molecule has 0 saturated carbocycles. The highest BCUT2D eigenvalue weighted by Gasteiger charge is 2.22. The Morgan fingerprint density at radius 1 is 1.60 bits per heavy atom. The van der Waals surface area contributed by atoms with Gasteiger partial charge in [0.05, 0.1) is 19.3 Å². The van der Waals surface area contributed by atoms with Crippen LogP contribution in [0.25, 0.3) is 0 Å². The number of methoxy groups -OCH3 is 1. The van der Waals surface area contributed by atoms with Crippen LogP contribution in [0.3, 0.4) is 0 Å². The van der Waals surface area contributed by atoms with E-state index in [0.717, 1.165) is 38.6 Å². The van der Waals surface area contributed by atoms with Crippen molar-refractivity contribution < 1.29 is 9.47 Å². The van der Waals surface area contributed by atoms with Gasteiger partial charge in [0.25, 0.3) is 0 Å². The third-order valence-electron chi connectivity index (χ3n) is 3.87. The lowest BCUT2D eigenvalue weighted by Crippen LogP contribution is -2.51. The van der Waals surface area contributed by atoms with E-state index in [1.807, 2.05) is 7.05 Å². The van der Waals surface area contributed by atoms with Gasteiger partial charge in [0.2, 0.25) is 0 Å². The fourth-order valence-electron chi connectivity index (χ4n) is 2.83. The number of hydrogen-bond donors (Lipinski definition) is 1. The smallest absolute Gasteiger partial charge is 0.193 e. The van der Waals surface area contributed by atoms with E-state index in [-0.39, 0.29) is 6.10 Å². The summed E-state index contributed by atoms with van der Waals surface area (Å²) in [4.78, 5) is 6.65. The first-order chi connectivity index (χ1) is 9.83. The standard InChI is InChI=1S/C15H27N3O2/c1-16-15(17-8-7-13-5-3-4-6-13)18-9-10-20-14(11-18)12-19-2/h5,14H,3-4,6-12H2,1-2H3,(H,16,17). The number of nitrogens with one attached hydrogen (secondary N) is 1. The fourth-order valence-corrected chi connectivity index (χ4v) is 2.83. The Morgan fingerprint density at radius 3 is 3.20 bits per heavy atom. The van der Waals surface area contributed by atoms with Gasteiger partial charge in [-0.2, -0.15) is 0 Å². The van der Waals surface area contributed by atoms with Crippen LogP contribution < -0.4 is 5.32 Å². The zero-order valence-electron chi connectivity index (χ0n) is 12.7. The number of hydrogen-bond acceptors (Lipinski definition) is 3. The molecular formula is C15H27N3O2. The van der Waals surface area contributed by atoms with Crippen molar-refractivity contribution in [2.45, 2.75) is 31.8 Å². The number of nitrogens with zero attached hydrogens (tertiary/aromatic N) is 2.